The molecule has 0 unspecified atom stereocenters. The largest absolute Gasteiger partial charge is 0.290 e. The van der Waals surface area contributed by atoms with Crippen LogP contribution in [0.2, 0.25) is 0 Å². The summed E-state index contributed by atoms with van der Waals surface area (Å²) < 4.78 is 0. The predicted molar refractivity (Wildman–Crippen MR) is 41.9 cm³/mol. The molecule has 0 spiro atoms. The Kier molecular flexibility index (Phi) is 2.85. The summed E-state index contributed by atoms with van der Waals surface area (Å²) in [7, 11) is 0. The Balaban J connectivity index is 2.45. The molecule has 56 valence electrons. The molecule has 1 aromatic carbocycles. The molecule has 0 aliphatic carbocycles. The van der Waals surface area contributed by atoms with Crippen LogP contribution in [0.3, 0.4) is 0 Å². The van der Waals surface area contributed by atoms with Crippen molar-refractivity contribution in [2.45, 2.75) is 0 Å². The van der Waals surface area contributed by atoms with Crippen molar-refractivity contribution in [1.82, 2.24) is 0 Å². The molecular formula is C9H8O2. The summed E-state index contributed by atoms with van der Waals surface area (Å²) >= 11 is 0. The summed E-state index contributed by atoms with van der Waals surface area (Å²) in [5, 5.41) is 0. The van der Waals surface area contributed by atoms with Crippen LogP contribution in [-0.4, -0.2) is 0 Å². The highest BCUT2D eigenvalue weighted by Crippen LogP contribution is 2.07. The van der Waals surface area contributed by atoms with Gasteiger partial charge in [0.05, 0.1) is 0 Å². The maximum absolute atomic E-state index is 4.79. The molecule has 0 atom stereocenters. The molecule has 2 heteroatoms. The molecule has 0 heterocycles. The number of hydrogen-bond acceptors (Lipinski definition) is 2. The van der Waals surface area contributed by atoms with Crippen molar-refractivity contribution in [3.05, 3.63) is 48.9 Å². The first-order valence-corrected chi connectivity index (χ1v) is 3.16. The van der Waals surface area contributed by atoms with Gasteiger partial charge in [0.25, 0.3) is 0 Å². The fourth-order valence-electron chi connectivity index (χ4n) is 0.590. The van der Waals surface area contributed by atoms with Crippen molar-refractivity contribution < 1.29 is 9.78 Å². The third kappa shape index (κ3) is 2.61. The first-order chi connectivity index (χ1) is 5.43. The van der Waals surface area contributed by atoms with Gasteiger partial charge in [-0.1, -0.05) is 30.5 Å². The van der Waals surface area contributed by atoms with Crippen molar-refractivity contribution >= 4 is 0 Å². The van der Waals surface area contributed by atoms with Crippen molar-refractivity contribution in [2.24, 2.45) is 0 Å². The molecular weight excluding hydrogens is 140 g/mol. The van der Waals surface area contributed by atoms with Gasteiger partial charge in [0.15, 0.2) is 12.0 Å². The van der Waals surface area contributed by atoms with Crippen molar-refractivity contribution in [3.8, 4) is 5.75 Å². The summed E-state index contributed by atoms with van der Waals surface area (Å²) in [6, 6.07) is 9.19. The van der Waals surface area contributed by atoms with Crippen LogP contribution in [0.5, 0.6) is 5.75 Å². The van der Waals surface area contributed by atoms with E-state index in [9.17, 15) is 0 Å². The number of para-hydroxylation sites is 1. The summed E-state index contributed by atoms with van der Waals surface area (Å²) in [4.78, 5) is 9.36. The zero-order chi connectivity index (χ0) is 7.94. The molecule has 0 aliphatic rings. The van der Waals surface area contributed by atoms with Gasteiger partial charge in [0.2, 0.25) is 0 Å². The quantitative estimate of drug-likeness (QED) is 0.283. The minimum absolute atomic E-state index is 0.652. The number of rotatable bonds is 3. The maximum atomic E-state index is 4.79. The Labute approximate surface area is 65.3 Å². The lowest BCUT2D eigenvalue weighted by Gasteiger charge is -1.98. The van der Waals surface area contributed by atoms with Crippen molar-refractivity contribution in [1.29, 1.82) is 0 Å². The Morgan fingerprint density at radius 3 is 2.64 bits per heavy atom. The first kappa shape index (κ1) is 7.45. The minimum Gasteiger partial charge on any atom is -0.290 e. The molecule has 0 saturated heterocycles. The molecule has 0 fully saturated rings. The van der Waals surface area contributed by atoms with Gasteiger partial charge in [-0.2, -0.15) is 0 Å². The smallest absolute Gasteiger partial charge is 0.184 e. The second-order valence-electron chi connectivity index (χ2n) is 1.81. The van der Waals surface area contributed by atoms with Gasteiger partial charge in [-0.3, -0.25) is 9.78 Å². The van der Waals surface area contributed by atoms with Crippen LogP contribution in [0, 0.1) is 0 Å². The standard InChI is InChI=1S/C9H8O2/c1-2-8-10-11-9-6-4-3-5-7-9/h3-8H,1H2. The lowest BCUT2D eigenvalue weighted by molar-refractivity contribution is -0.148. The molecule has 0 aromatic heterocycles. The Morgan fingerprint density at radius 2 is 2.00 bits per heavy atom. The Bertz CT molecular complexity index is 248. The zero-order valence-electron chi connectivity index (χ0n) is 5.99. The highest BCUT2D eigenvalue weighted by atomic mass is 17.2. The van der Waals surface area contributed by atoms with Crippen LogP contribution in [0.1, 0.15) is 0 Å². The summed E-state index contributed by atoms with van der Waals surface area (Å²) in [6.45, 7) is 3.31. The second kappa shape index (κ2) is 4.20. The summed E-state index contributed by atoms with van der Waals surface area (Å²) in [6.07, 6.45) is 1.24. The SMILES string of the molecule is C=C=COOc1ccccc1. The lowest BCUT2D eigenvalue weighted by Crippen LogP contribution is -1.87. The summed E-state index contributed by atoms with van der Waals surface area (Å²) in [5.41, 5.74) is 2.42. The minimum atomic E-state index is 0.652. The number of hydrogen-bond donors (Lipinski definition) is 0. The van der Waals surface area contributed by atoms with Crippen LogP contribution in [0.4, 0.5) is 0 Å². The van der Waals surface area contributed by atoms with Crippen LogP contribution in [-0.2, 0) is 4.89 Å². The molecule has 1 aromatic rings. The topological polar surface area (TPSA) is 18.5 Å². The second-order valence-corrected chi connectivity index (χ2v) is 1.81. The van der Waals surface area contributed by atoms with E-state index >= 15 is 0 Å². The van der Waals surface area contributed by atoms with Crippen molar-refractivity contribution in [3.63, 3.8) is 0 Å². The van der Waals surface area contributed by atoms with Crippen LogP contribution in [0.25, 0.3) is 0 Å². The van der Waals surface area contributed by atoms with Crippen molar-refractivity contribution in [2.75, 3.05) is 0 Å². The molecule has 0 amide bonds. The zero-order valence-corrected chi connectivity index (χ0v) is 5.99. The Hall–Kier alpha value is -1.66. The molecule has 0 radical (unpaired) electrons. The van der Waals surface area contributed by atoms with E-state index in [1.54, 1.807) is 12.1 Å². The predicted octanol–water partition coefficient (Wildman–Crippen LogP) is 2.30. The lowest BCUT2D eigenvalue weighted by atomic mass is 10.3. The maximum Gasteiger partial charge on any atom is 0.184 e. The van der Waals surface area contributed by atoms with Gasteiger partial charge in [-0.25, -0.2) is 0 Å². The molecule has 11 heavy (non-hydrogen) atoms. The van der Waals surface area contributed by atoms with E-state index in [1.165, 1.54) is 6.26 Å². The van der Waals surface area contributed by atoms with Crippen LogP contribution >= 0.6 is 0 Å². The normalized spacial score (nSPS) is 8.00. The van der Waals surface area contributed by atoms with Gasteiger partial charge in [0, 0.05) is 0 Å². The van der Waals surface area contributed by atoms with E-state index in [-0.39, 0.29) is 0 Å². The monoisotopic (exact) mass is 148 g/mol. The molecule has 1 rings (SSSR count). The van der Waals surface area contributed by atoms with Gasteiger partial charge >= 0.3 is 0 Å². The highest BCUT2D eigenvalue weighted by Gasteiger charge is 1.87. The van der Waals surface area contributed by atoms with Crippen LogP contribution in [0.15, 0.2) is 48.9 Å². The van der Waals surface area contributed by atoms with E-state index < -0.39 is 0 Å². The fourth-order valence-corrected chi connectivity index (χ4v) is 0.590. The van der Waals surface area contributed by atoms with Gasteiger partial charge in [0.1, 0.15) is 0 Å². The molecule has 0 aliphatic heterocycles. The highest BCUT2D eigenvalue weighted by molar-refractivity contribution is 5.20. The van der Waals surface area contributed by atoms with Crippen LogP contribution < -0.4 is 4.89 Å². The Morgan fingerprint density at radius 1 is 1.27 bits per heavy atom. The van der Waals surface area contributed by atoms with E-state index in [0.29, 0.717) is 5.75 Å². The van der Waals surface area contributed by atoms with E-state index in [2.05, 4.69) is 17.2 Å². The molecule has 0 saturated carbocycles. The first-order valence-electron chi connectivity index (χ1n) is 3.16. The number of benzene rings is 1. The average molecular weight is 148 g/mol. The van der Waals surface area contributed by atoms with E-state index in [4.69, 9.17) is 4.89 Å². The van der Waals surface area contributed by atoms with E-state index in [0.717, 1.165) is 0 Å². The van der Waals surface area contributed by atoms with Gasteiger partial charge in [-0.05, 0) is 12.1 Å². The van der Waals surface area contributed by atoms with E-state index in [1.807, 2.05) is 18.2 Å². The van der Waals surface area contributed by atoms with Gasteiger partial charge in [-0.15, -0.1) is 0 Å². The third-order valence-corrected chi connectivity index (χ3v) is 1.02. The molecule has 0 bridgehead atoms. The van der Waals surface area contributed by atoms with Gasteiger partial charge < -0.3 is 0 Å². The third-order valence-electron chi connectivity index (χ3n) is 1.02. The average Bonchev–Trinajstić information content (AvgIpc) is 2.07. The molecule has 2 nitrogen and oxygen atoms in total. The summed E-state index contributed by atoms with van der Waals surface area (Å²) in [5.74, 6) is 0.652. The fraction of sp³-hybridized carbons (Fsp3) is 0. The molecule has 0 N–H and O–H groups in total.